The van der Waals surface area contributed by atoms with Crippen LogP contribution in [0.4, 0.5) is 0 Å². The molecule has 7 heavy (non-hydrogen) atoms. The highest BCUT2D eigenvalue weighted by Gasteiger charge is 1.89. The number of aliphatic hydroxyl groups is 2. The standard InChI is InChI=1S/C4H5BrO2/c5-2-1-4(7)3-6/h4,6-7H,3H2/t4-/m1/s1. The molecule has 1 atom stereocenters. The van der Waals surface area contributed by atoms with Gasteiger partial charge in [0.1, 0.15) is 6.10 Å². The first-order valence-corrected chi connectivity index (χ1v) is 2.50. The van der Waals surface area contributed by atoms with E-state index in [9.17, 15) is 0 Å². The average molecular weight is 165 g/mol. The van der Waals surface area contributed by atoms with Crippen LogP contribution in [0, 0.1) is 10.8 Å². The van der Waals surface area contributed by atoms with Gasteiger partial charge in [0.15, 0.2) is 0 Å². The average Bonchev–Trinajstić information content (AvgIpc) is 1.68. The molecule has 0 radical (unpaired) electrons. The number of aliphatic hydroxyl groups excluding tert-OH is 2. The summed E-state index contributed by atoms with van der Waals surface area (Å²) in [6, 6.07) is 0. The molecule has 0 unspecified atom stereocenters. The van der Waals surface area contributed by atoms with Crippen LogP contribution in [0.3, 0.4) is 0 Å². The van der Waals surface area contributed by atoms with Crippen molar-refractivity contribution < 1.29 is 10.2 Å². The smallest absolute Gasteiger partial charge is 0.138 e. The minimum Gasteiger partial charge on any atom is -0.393 e. The van der Waals surface area contributed by atoms with Gasteiger partial charge >= 0.3 is 0 Å². The summed E-state index contributed by atoms with van der Waals surface area (Å²) in [5.74, 6) is 2.27. The molecule has 0 bridgehead atoms. The van der Waals surface area contributed by atoms with Gasteiger partial charge in [-0.1, -0.05) is 5.92 Å². The van der Waals surface area contributed by atoms with Crippen LogP contribution in [0.5, 0.6) is 0 Å². The fourth-order valence-corrected chi connectivity index (χ4v) is 0.373. The van der Waals surface area contributed by atoms with E-state index >= 15 is 0 Å². The Morgan fingerprint density at radius 3 is 2.43 bits per heavy atom. The zero-order chi connectivity index (χ0) is 5.70. The molecule has 0 spiro atoms. The van der Waals surface area contributed by atoms with Gasteiger partial charge in [-0.2, -0.15) is 0 Å². The number of hydrogen-bond acceptors (Lipinski definition) is 2. The Balaban J connectivity index is 3.29. The van der Waals surface area contributed by atoms with Crippen LogP contribution in [0.2, 0.25) is 0 Å². The Hall–Kier alpha value is -0.0400. The monoisotopic (exact) mass is 164 g/mol. The van der Waals surface area contributed by atoms with Crippen LogP contribution in [0.1, 0.15) is 0 Å². The van der Waals surface area contributed by atoms with Gasteiger partial charge in [-0.15, -0.1) is 0 Å². The molecule has 0 aliphatic rings. The molecule has 0 amide bonds. The van der Waals surface area contributed by atoms with Gasteiger partial charge in [0, 0.05) is 15.9 Å². The van der Waals surface area contributed by atoms with Crippen molar-refractivity contribution in [3.8, 4) is 10.8 Å². The summed E-state index contributed by atoms with van der Waals surface area (Å²) in [5, 5.41) is 16.5. The molecule has 0 saturated heterocycles. The highest BCUT2D eigenvalue weighted by atomic mass is 79.9. The minimum absolute atomic E-state index is 0.307. The summed E-state index contributed by atoms with van der Waals surface area (Å²) in [6.07, 6.45) is -0.903. The molecule has 0 aromatic carbocycles. The van der Waals surface area contributed by atoms with E-state index in [1.807, 2.05) is 0 Å². The Kier molecular flexibility index (Phi) is 4.10. The van der Waals surface area contributed by atoms with Crippen molar-refractivity contribution in [2.24, 2.45) is 0 Å². The summed E-state index contributed by atoms with van der Waals surface area (Å²) in [5.41, 5.74) is 0. The lowest BCUT2D eigenvalue weighted by Gasteiger charge is -1.90. The third-order valence-corrected chi connectivity index (χ3v) is 0.623. The Bertz CT molecular complexity index is 91.6. The molecule has 2 nitrogen and oxygen atoms in total. The van der Waals surface area contributed by atoms with Crippen molar-refractivity contribution in [2.75, 3.05) is 6.61 Å². The maximum absolute atomic E-state index is 8.40. The van der Waals surface area contributed by atoms with Crippen LogP contribution in [-0.2, 0) is 0 Å². The highest BCUT2D eigenvalue weighted by molar-refractivity contribution is 9.12. The lowest BCUT2D eigenvalue weighted by Crippen LogP contribution is -2.07. The van der Waals surface area contributed by atoms with Crippen molar-refractivity contribution in [3.05, 3.63) is 0 Å². The molecule has 0 aliphatic carbocycles. The Morgan fingerprint density at radius 1 is 1.71 bits per heavy atom. The third kappa shape index (κ3) is 3.80. The van der Waals surface area contributed by atoms with Crippen molar-refractivity contribution >= 4 is 15.9 Å². The molecular formula is C4H5BrO2. The molecule has 40 valence electrons. The normalized spacial score (nSPS) is 11.9. The van der Waals surface area contributed by atoms with Gasteiger partial charge in [-0.3, -0.25) is 0 Å². The number of halogens is 1. The van der Waals surface area contributed by atoms with E-state index in [1.54, 1.807) is 0 Å². The van der Waals surface area contributed by atoms with E-state index in [1.165, 1.54) is 0 Å². The van der Waals surface area contributed by atoms with E-state index in [0.717, 1.165) is 0 Å². The first-order valence-electron chi connectivity index (χ1n) is 1.71. The quantitative estimate of drug-likeness (QED) is 0.523. The van der Waals surface area contributed by atoms with Gasteiger partial charge in [0.25, 0.3) is 0 Å². The van der Waals surface area contributed by atoms with Crippen LogP contribution in [-0.4, -0.2) is 22.9 Å². The van der Waals surface area contributed by atoms with E-state index in [-0.39, 0.29) is 6.61 Å². The molecule has 3 heteroatoms. The minimum atomic E-state index is -0.903. The van der Waals surface area contributed by atoms with Crippen LogP contribution in [0.25, 0.3) is 0 Å². The zero-order valence-electron chi connectivity index (χ0n) is 3.56. The second-order valence-electron chi connectivity index (χ2n) is 0.937. The van der Waals surface area contributed by atoms with Crippen molar-refractivity contribution in [2.45, 2.75) is 6.10 Å². The number of hydrogen-bond donors (Lipinski definition) is 2. The van der Waals surface area contributed by atoms with Gasteiger partial charge < -0.3 is 10.2 Å². The molecule has 0 aliphatic heterocycles. The van der Waals surface area contributed by atoms with Crippen LogP contribution >= 0.6 is 15.9 Å². The summed E-state index contributed by atoms with van der Waals surface area (Å²) < 4.78 is 0. The first kappa shape index (κ1) is 6.96. The topological polar surface area (TPSA) is 40.5 Å². The van der Waals surface area contributed by atoms with Gasteiger partial charge in [-0.25, -0.2) is 0 Å². The van der Waals surface area contributed by atoms with Crippen LogP contribution in [0.15, 0.2) is 0 Å². The number of rotatable bonds is 1. The summed E-state index contributed by atoms with van der Waals surface area (Å²) in [7, 11) is 0. The highest BCUT2D eigenvalue weighted by Crippen LogP contribution is 1.76. The van der Waals surface area contributed by atoms with Gasteiger partial charge in [0.2, 0.25) is 0 Å². The molecule has 0 saturated carbocycles. The molecule has 0 rings (SSSR count). The SMILES string of the molecule is OC[C@H](O)C#CBr. The molecule has 0 fully saturated rings. The first-order chi connectivity index (χ1) is 3.31. The predicted molar refractivity (Wildman–Crippen MR) is 29.8 cm³/mol. The van der Waals surface area contributed by atoms with E-state index in [0.29, 0.717) is 0 Å². The van der Waals surface area contributed by atoms with Gasteiger partial charge in [0.05, 0.1) is 6.61 Å². The fraction of sp³-hybridized carbons (Fsp3) is 0.500. The third-order valence-electron chi connectivity index (χ3n) is 0.394. The molecular weight excluding hydrogens is 160 g/mol. The fourth-order valence-electron chi connectivity index (χ4n) is 0.109. The molecule has 0 aromatic heterocycles. The summed E-state index contributed by atoms with van der Waals surface area (Å²) >= 11 is 2.76. The van der Waals surface area contributed by atoms with E-state index in [2.05, 4.69) is 26.7 Å². The zero-order valence-corrected chi connectivity index (χ0v) is 5.14. The second kappa shape index (κ2) is 4.13. The Morgan fingerprint density at radius 2 is 2.29 bits per heavy atom. The summed E-state index contributed by atoms with van der Waals surface area (Å²) in [6.45, 7) is -0.307. The van der Waals surface area contributed by atoms with Gasteiger partial charge in [-0.05, 0) is 4.83 Å². The van der Waals surface area contributed by atoms with Crippen molar-refractivity contribution in [1.29, 1.82) is 0 Å². The summed E-state index contributed by atoms with van der Waals surface area (Å²) in [4.78, 5) is 2.27. The maximum atomic E-state index is 8.40. The molecule has 0 heterocycles. The lowest BCUT2D eigenvalue weighted by atomic mass is 10.4. The molecule has 0 aromatic rings. The maximum Gasteiger partial charge on any atom is 0.138 e. The largest absolute Gasteiger partial charge is 0.393 e. The van der Waals surface area contributed by atoms with Crippen molar-refractivity contribution in [3.63, 3.8) is 0 Å². The van der Waals surface area contributed by atoms with E-state index in [4.69, 9.17) is 10.2 Å². The predicted octanol–water partition coefficient (Wildman–Crippen LogP) is -0.305. The van der Waals surface area contributed by atoms with Crippen molar-refractivity contribution in [1.82, 2.24) is 0 Å². The lowest BCUT2D eigenvalue weighted by molar-refractivity contribution is 0.138. The Labute approximate surface area is 50.3 Å². The second-order valence-corrected chi connectivity index (χ2v) is 1.33. The van der Waals surface area contributed by atoms with E-state index < -0.39 is 6.10 Å². The molecule has 2 N–H and O–H groups in total. The van der Waals surface area contributed by atoms with Crippen LogP contribution < -0.4 is 0 Å².